The van der Waals surface area contributed by atoms with Gasteiger partial charge in [-0.05, 0) is 44.5 Å². The van der Waals surface area contributed by atoms with Crippen molar-refractivity contribution in [1.82, 2.24) is 10.3 Å². The number of nitrogens with zero attached hydrogens (tertiary/aromatic N) is 1. The predicted molar refractivity (Wildman–Crippen MR) is 89.6 cm³/mol. The Labute approximate surface area is 130 Å². The van der Waals surface area contributed by atoms with Crippen LogP contribution in [-0.4, -0.2) is 12.0 Å². The summed E-state index contributed by atoms with van der Waals surface area (Å²) in [6.07, 6.45) is 2.27. The molecule has 0 fully saturated rings. The molecule has 1 unspecified atom stereocenters. The van der Waals surface area contributed by atoms with E-state index in [4.69, 9.17) is 0 Å². The Balaban J connectivity index is 1.89. The first-order valence-electron chi connectivity index (χ1n) is 7.06. The van der Waals surface area contributed by atoms with Crippen LogP contribution in [0.2, 0.25) is 0 Å². The van der Waals surface area contributed by atoms with Crippen LogP contribution >= 0.6 is 23.1 Å². The summed E-state index contributed by atoms with van der Waals surface area (Å²) >= 11 is 3.64. The summed E-state index contributed by atoms with van der Waals surface area (Å²) in [4.78, 5) is 5.97. The SMILES string of the molecule is CCCc1nc(CSc2ccc(C(C)NC)cc2)cs1. The van der Waals surface area contributed by atoms with Gasteiger partial charge in [0.05, 0.1) is 10.7 Å². The molecule has 4 heteroatoms. The fraction of sp³-hybridized carbons (Fsp3) is 0.438. The van der Waals surface area contributed by atoms with Gasteiger partial charge >= 0.3 is 0 Å². The Kier molecular flexibility index (Phi) is 6.07. The second-order valence-corrected chi connectivity index (χ2v) is 6.84. The summed E-state index contributed by atoms with van der Waals surface area (Å²) in [5.41, 5.74) is 2.53. The lowest BCUT2D eigenvalue weighted by Gasteiger charge is -2.10. The summed E-state index contributed by atoms with van der Waals surface area (Å²) in [7, 11) is 1.99. The van der Waals surface area contributed by atoms with Crippen molar-refractivity contribution < 1.29 is 0 Å². The van der Waals surface area contributed by atoms with Gasteiger partial charge in [-0.25, -0.2) is 4.98 Å². The second kappa shape index (κ2) is 7.81. The Morgan fingerprint density at radius 1 is 1.30 bits per heavy atom. The predicted octanol–water partition coefficient (Wildman–Crippen LogP) is 4.67. The third kappa shape index (κ3) is 4.33. The van der Waals surface area contributed by atoms with Crippen molar-refractivity contribution in [1.29, 1.82) is 0 Å². The summed E-state index contributed by atoms with van der Waals surface area (Å²) < 4.78 is 0. The number of benzene rings is 1. The molecule has 2 aromatic rings. The molecule has 1 aromatic carbocycles. The molecular weight excluding hydrogens is 284 g/mol. The smallest absolute Gasteiger partial charge is 0.0928 e. The molecule has 0 radical (unpaired) electrons. The maximum absolute atomic E-state index is 4.66. The van der Waals surface area contributed by atoms with E-state index in [0.717, 1.165) is 12.2 Å². The average molecular weight is 306 g/mol. The third-order valence-corrected chi connectivity index (χ3v) is 5.27. The van der Waals surface area contributed by atoms with Gasteiger partial charge in [0, 0.05) is 22.1 Å². The minimum atomic E-state index is 0.407. The van der Waals surface area contributed by atoms with Crippen LogP contribution < -0.4 is 5.32 Å². The van der Waals surface area contributed by atoms with Crippen LogP contribution in [0.3, 0.4) is 0 Å². The maximum atomic E-state index is 4.66. The zero-order chi connectivity index (χ0) is 14.4. The van der Waals surface area contributed by atoms with Gasteiger partial charge in [0.1, 0.15) is 0 Å². The zero-order valence-electron chi connectivity index (χ0n) is 12.3. The molecule has 0 aliphatic carbocycles. The normalized spacial score (nSPS) is 12.6. The van der Waals surface area contributed by atoms with Gasteiger partial charge in [-0.3, -0.25) is 0 Å². The van der Waals surface area contributed by atoms with Gasteiger partial charge in [-0.2, -0.15) is 0 Å². The maximum Gasteiger partial charge on any atom is 0.0928 e. The van der Waals surface area contributed by atoms with Crippen LogP contribution in [0.5, 0.6) is 0 Å². The molecule has 1 N–H and O–H groups in total. The van der Waals surface area contributed by atoms with Crippen molar-refractivity contribution in [2.45, 2.75) is 43.4 Å². The van der Waals surface area contributed by atoms with Gasteiger partial charge in [0.25, 0.3) is 0 Å². The molecule has 1 heterocycles. The third-order valence-electron chi connectivity index (χ3n) is 3.26. The number of thiazole rings is 1. The van der Waals surface area contributed by atoms with Gasteiger partial charge in [-0.1, -0.05) is 19.1 Å². The van der Waals surface area contributed by atoms with E-state index >= 15 is 0 Å². The van der Waals surface area contributed by atoms with Gasteiger partial charge in [-0.15, -0.1) is 23.1 Å². The van der Waals surface area contributed by atoms with Crippen molar-refractivity contribution >= 4 is 23.1 Å². The van der Waals surface area contributed by atoms with Crippen molar-refractivity contribution in [3.05, 3.63) is 45.9 Å². The van der Waals surface area contributed by atoms with E-state index in [1.807, 2.05) is 18.8 Å². The van der Waals surface area contributed by atoms with Crippen molar-refractivity contribution in [3.8, 4) is 0 Å². The highest BCUT2D eigenvalue weighted by atomic mass is 32.2. The van der Waals surface area contributed by atoms with Crippen LogP contribution in [0.25, 0.3) is 0 Å². The fourth-order valence-electron chi connectivity index (χ4n) is 1.92. The Bertz CT molecular complexity index is 520. The summed E-state index contributed by atoms with van der Waals surface area (Å²) in [6, 6.07) is 9.21. The number of hydrogen-bond acceptors (Lipinski definition) is 4. The van der Waals surface area contributed by atoms with E-state index < -0.39 is 0 Å². The highest BCUT2D eigenvalue weighted by Gasteiger charge is 2.04. The number of thioether (sulfide) groups is 1. The van der Waals surface area contributed by atoms with Crippen LogP contribution in [0.4, 0.5) is 0 Å². The van der Waals surface area contributed by atoms with E-state index in [0.29, 0.717) is 6.04 Å². The zero-order valence-corrected chi connectivity index (χ0v) is 14.0. The number of aryl methyl sites for hydroxylation is 1. The molecular formula is C16H22N2S2. The average Bonchev–Trinajstić information content (AvgIpc) is 2.93. The number of aromatic nitrogens is 1. The Morgan fingerprint density at radius 3 is 2.70 bits per heavy atom. The molecule has 0 aliphatic rings. The highest BCUT2D eigenvalue weighted by molar-refractivity contribution is 7.98. The number of rotatable bonds is 7. The summed E-state index contributed by atoms with van der Waals surface area (Å²) in [6.45, 7) is 4.37. The van der Waals surface area contributed by atoms with Crippen molar-refractivity contribution in [2.75, 3.05) is 7.05 Å². The van der Waals surface area contributed by atoms with E-state index in [1.165, 1.54) is 27.6 Å². The summed E-state index contributed by atoms with van der Waals surface area (Å²) in [5.74, 6) is 0.959. The molecule has 1 aromatic heterocycles. The van der Waals surface area contributed by atoms with Gasteiger partial charge < -0.3 is 5.32 Å². The molecule has 0 saturated heterocycles. The molecule has 108 valence electrons. The lowest BCUT2D eigenvalue weighted by Crippen LogP contribution is -2.11. The first kappa shape index (κ1) is 15.5. The molecule has 20 heavy (non-hydrogen) atoms. The molecule has 0 spiro atoms. The first-order valence-corrected chi connectivity index (χ1v) is 8.92. The largest absolute Gasteiger partial charge is 0.313 e. The van der Waals surface area contributed by atoms with Gasteiger partial charge in [0.2, 0.25) is 0 Å². The molecule has 0 saturated carbocycles. The van der Waals surface area contributed by atoms with E-state index in [1.54, 1.807) is 11.3 Å². The van der Waals surface area contributed by atoms with Crippen LogP contribution in [-0.2, 0) is 12.2 Å². The summed E-state index contributed by atoms with van der Waals surface area (Å²) in [5, 5.41) is 6.71. The lowest BCUT2D eigenvalue weighted by atomic mass is 10.1. The number of nitrogens with one attached hydrogen (secondary N) is 1. The topological polar surface area (TPSA) is 24.9 Å². The monoisotopic (exact) mass is 306 g/mol. The second-order valence-electron chi connectivity index (χ2n) is 4.85. The van der Waals surface area contributed by atoms with Crippen LogP contribution in [0.1, 0.15) is 42.6 Å². The fourth-order valence-corrected chi connectivity index (χ4v) is 3.72. The molecule has 1 atom stereocenters. The molecule has 2 rings (SSSR count). The first-order chi connectivity index (χ1) is 9.72. The van der Waals surface area contributed by atoms with Crippen molar-refractivity contribution in [2.24, 2.45) is 0 Å². The Morgan fingerprint density at radius 2 is 2.05 bits per heavy atom. The number of hydrogen-bond donors (Lipinski definition) is 1. The highest BCUT2D eigenvalue weighted by Crippen LogP contribution is 2.25. The van der Waals surface area contributed by atoms with Gasteiger partial charge in [0.15, 0.2) is 0 Å². The minimum absolute atomic E-state index is 0.407. The molecule has 0 aliphatic heterocycles. The molecule has 0 bridgehead atoms. The lowest BCUT2D eigenvalue weighted by molar-refractivity contribution is 0.652. The molecule has 0 amide bonds. The minimum Gasteiger partial charge on any atom is -0.313 e. The van der Waals surface area contributed by atoms with E-state index in [9.17, 15) is 0 Å². The van der Waals surface area contributed by atoms with Crippen LogP contribution in [0, 0.1) is 0 Å². The standard InChI is InChI=1S/C16H22N2S2/c1-4-5-16-18-14(11-20-16)10-19-15-8-6-13(7-9-15)12(2)17-3/h6-9,11-12,17H,4-5,10H2,1-3H3. The van der Waals surface area contributed by atoms with E-state index in [-0.39, 0.29) is 0 Å². The quantitative estimate of drug-likeness (QED) is 0.753. The van der Waals surface area contributed by atoms with Crippen LogP contribution in [0.15, 0.2) is 34.5 Å². The van der Waals surface area contributed by atoms with Crippen molar-refractivity contribution in [3.63, 3.8) is 0 Å². The van der Waals surface area contributed by atoms with E-state index in [2.05, 4.69) is 53.8 Å². The molecule has 2 nitrogen and oxygen atoms in total. The Hall–Kier alpha value is -0.840.